The van der Waals surface area contributed by atoms with Crippen molar-refractivity contribution in [2.75, 3.05) is 0 Å². The van der Waals surface area contributed by atoms with Crippen LogP contribution in [0.2, 0.25) is 0 Å². The first kappa shape index (κ1) is 27.8. The van der Waals surface area contributed by atoms with E-state index in [-0.39, 0.29) is 17.3 Å². The molecule has 0 N–H and O–H groups in total. The highest BCUT2D eigenvalue weighted by Crippen LogP contribution is 2.41. The molecule has 0 bridgehead atoms. The normalized spacial score (nSPS) is 13.2. The predicted molar refractivity (Wildman–Crippen MR) is 151 cm³/mol. The van der Waals surface area contributed by atoms with Crippen LogP contribution in [0.3, 0.4) is 0 Å². The van der Waals surface area contributed by atoms with E-state index in [0.29, 0.717) is 5.56 Å². The van der Waals surface area contributed by atoms with Crippen LogP contribution in [0.5, 0.6) is 0 Å². The lowest BCUT2D eigenvalue weighted by Crippen LogP contribution is -2.34. The predicted octanol–water partition coefficient (Wildman–Crippen LogP) is 9.69. The summed E-state index contributed by atoms with van der Waals surface area (Å²) < 4.78 is 40.3. The molecule has 0 saturated carbocycles. The second kappa shape index (κ2) is 9.52. The second-order valence-electron chi connectivity index (χ2n) is 13.0. The second-order valence-corrected chi connectivity index (χ2v) is 13.0. The molecule has 5 heteroatoms. The fourth-order valence-electron chi connectivity index (χ4n) is 4.80. The molecule has 200 valence electrons. The maximum atomic E-state index is 13.4. The van der Waals surface area contributed by atoms with Crippen LogP contribution >= 0.6 is 0 Å². The summed E-state index contributed by atoms with van der Waals surface area (Å²) in [5.41, 5.74) is 4.24. The highest BCUT2D eigenvalue weighted by molar-refractivity contribution is 5.91. The third-order valence-corrected chi connectivity index (χ3v) is 7.15. The molecule has 4 rings (SSSR count). The Morgan fingerprint density at radius 3 is 1.87 bits per heavy atom. The Morgan fingerprint density at radius 2 is 1.29 bits per heavy atom. The molecular formula is C33H37F3N2. The summed E-state index contributed by atoms with van der Waals surface area (Å²) in [7, 11) is 0. The van der Waals surface area contributed by atoms with Gasteiger partial charge in [0.25, 0.3) is 0 Å². The molecule has 0 unspecified atom stereocenters. The summed E-state index contributed by atoms with van der Waals surface area (Å²) in [5.74, 6) is 0. The minimum Gasteiger partial charge on any atom is -0.171 e. The highest BCUT2D eigenvalue weighted by Gasteiger charge is 2.46. The minimum atomic E-state index is -4.26. The van der Waals surface area contributed by atoms with Crippen molar-refractivity contribution in [1.82, 2.24) is 10.2 Å². The van der Waals surface area contributed by atoms with Crippen LogP contribution in [0, 0.1) is 5.41 Å². The molecular weight excluding hydrogens is 481 g/mol. The zero-order valence-electron chi connectivity index (χ0n) is 23.6. The Morgan fingerprint density at radius 1 is 0.658 bits per heavy atom. The van der Waals surface area contributed by atoms with Crippen LogP contribution in [0.1, 0.15) is 72.2 Å². The van der Waals surface area contributed by atoms with E-state index in [2.05, 4.69) is 88.1 Å². The molecule has 0 aliphatic rings. The first-order valence-electron chi connectivity index (χ1n) is 13.1. The maximum Gasteiger partial charge on any atom is 0.394 e. The van der Waals surface area contributed by atoms with Gasteiger partial charge in [-0.3, -0.25) is 0 Å². The molecule has 0 fully saturated rings. The molecule has 0 radical (unpaired) electrons. The van der Waals surface area contributed by atoms with Gasteiger partial charge in [0.2, 0.25) is 0 Å². The van der Waals surface area contributed by atoms with Crippen molar-refractivity contribution < 1.29 is 13.2 Å². The SMILES string of the molecule is CC(C)(C)c1nnc(-c2cc(C(C)(C)C)c3ccccc3c2)cc1-c1ccc(CC(C)(C)C(F)(F)F)cc1. The largest absolute Gasteiger partial charge is 0.394 e. The summed E-state index contributed by atoms with van der Waals surface area (Å²) in [4.78, 5) is 0. The first-order valence-corrected chi connectivity index (χ1v) is 13.1. The van der Waals surface area contributed by atoms with Gasteiger partial charge in [-0.25, -0.2) is 0 Å². The van der Waals surface area contributed by atoms with E-state index < -0.39 is 11.6 Å². The number of nitrogens with zero attached hydrogens (tertiary/aromatic N) is 2. The van der Waals surface area contributed by atoms with Gasteiger partial charge in [0, 0.05) is 16.5 Å². The van der Waals surface area contributed by atoms with E-state index in [0.717, 1.165) is 33.5 Å². The number of hydrogen-bond acceptors (Lipinski definition) is 2. The van der Waals surface area contributed by atoms with Gasteiger partial charge < -0.3 is 0 Å². The van der Waals surface area contributed by atoms with E-state index in [1.807, 2.05) is 18.2 Å². The third-order valence-electron chi connectivity index (χ3n) is 7.15. The minimum absolute atomic E-state index is 0.0583. The van der Waals surface area contributed by atoms with Crippen LogP contribution in [0.15, 0.2) is 66.7 Å². The standard InChI is InChI=1S/C33H37F3N2/c1-30(2,3)27-18-24(17-23-11-9-10-12-25(23)27)28-19-26(29(38-37-28)31(4,5)6)22-15-13-21(14-16-22)20-32(7,8)33(34,35)36/h9-19H,20H2,1-8H3. The zero-order chi connectivity index (χ0) is 28.1. The van der Waals surface area contributed by atoms with E-state index in [1.54, 1.807) is 12.1 Å². The molecule has 0 saturated heterocycles. The van der Waals surface area contributed by atoms with Crippen molar-refractivity contribution in [1.29, 1.82) is 0 Å². The number of fused-ring (bicyclic) bond motifs is 1. The summed E-state index contributed by atoms with van der Waals surface area (Å²) >= 11 is 0. The lowest BCUT2D eigenvalue weighted by Gasteiger charge is -2.28. The van der Waals surface area contributed by atoms with Crippen molar-refractivity contribution in [3.63, 3.8) is 0 Å². The Hall–Kier alpha value is -3.21. The molecule has 1 heterocycles. The highest BCUT2D eigenvalue weighted by atomic mass is 19.4. The average Bonchev–Trinajstić information content (AvgIpc) is 2.81. The number of rotatable bonds is 4. The van der Waals surface area contributed by atoms with E-state index in [1.165, 1.54) is 24.8 Å². The molecule has 0 atom stereocenters. The van der Waals surface area contributed by atoms with Crippen LogP contribution < -0.4 is 0 Å². The Bertz CT molecular complexity index is 1450. The van der Waals surface area contributed by atoms with Gasteiger partial charge in [0.1, 0.15) is 0 Å². The first-order chi connectivity index (χ1) is 17.5. The number of halogens is 3. The van der Waals surface area contributed by atoms with Gasteiger partial charge in [-0.05, 0) is 57.5 Å². The van der Waals surface area contributed by atoms with E-state index >= 15 is 0 Å². The quantitative estimate of drug-likeness (QED) is 0.269. The van der Waals surface area contributed by atoms with Gasteiger partial charge in [0.05, 0.1) is 16.8 Å². The topological polar surface area (TPSA) is 25.8 Å². The lowest BCUT2D eigenvalue weighted by molar-refractivity contribution is -0.211. The number of hydrogen-bond donors (Lipinski definition) is 0. The van der Waals surface area contributed by atoms with Crippen molar-refractivity contribution in [3.05, 3.63) is 83.6 Å². The van der Waals surface area contributed by atoms with Gasteiger partial charge in [-0.15, -0.1) is 0 Å². The lowest BCUT2D eigenvalue weighted by atomic mass is 9.82. The van der Waals surface area contributed by atoms with Crippen LogP contribution in [0.4, 0.5) is 13.2 Å². The van der Waals surface area contributed by atoms with Crippen LogP contribution in [-0.4, -0.2) is 16.4 Å². The van der Waals surface area contributed by atoms with Crippen molar-refractivity contribution in [3.8, 4) is 22.4 Å². The van der Waals surface area contributed by atoms with Gasteiger partial charge in [-0.2, -0.15) is 23.4 Å². The molecule has 2 nitrogen and oxygen atoms in total. The Kier molecular flexibility index (Phi) is 6.97. The summed E-state index contributed by atoms with van der Waals surface area (Å²) in [6, 6.07) is 22.2. The number of benzene rings is 3. The maximum absolute atomic E-state index is 13.4. The molecule has 38 heavy (non-hydrogen) atoms. The Balaban J connectivity index is 1.83. The van der Waals surface area contributed by atoms with E-state index in [4.69, 9.17) is 0 Å². The van der Waals surface area contributed by atoms with Gasteiger partial charge >= 0.3 is 6.18 Å². The fourth-order valence-corrected chi connectivity index (χ4v) is 4.80. The molecule has 0 spiro atoms. The average molecular weight is 519 g/mol. The molecule has 0 aliphatic heterocycles. The van der Waals surface area contributed by atoms with Gasteiger partial charge in [0.15, 0.2) is 0 Å². The van der Waals surface area contributed by atoms with Gasteiger partial charge in [-0.1, -0.05) is 104 Å². The monoisotopic (exact) mass is 518 g/mol. The third kappa shape index (κ3) is 5.62. The molecule has 4 aromatic rings. The smallest absolute Gasteiger partial charge is 0.171 e. The van der Waals surface area contributed by atoms with Crippen molar-refractivity contribution in [2.45, 2.75) is 78.8 Å². The van der Waals surface area contributed by atoms with Crippen molar-refractivity contribution in [2.24, 2.45) is 5.41 Å². The summed E-state index contributed by atoms with van der Waals surface area (Å²) in [6.07, 6.45) is -4.34. The van der Waals surface area contributed by atoms with Crippen LogP contribution in [0.25, 0.3) is 33.2 Å². The summed E-state index contributed by atoms with van der Waals surface area (Å²) in [5, 5.41) is 11.7. The molecule has 3 aromatic carbocycles. The number of aromatic nitrogens is 2. The molecule has 1 aromatic heterocycles. The fraction of sp³-hybridized carbons (Fsp3) is 0.394. The number of alkyl halides is 3. The Labute approximate surface area is 224 Å². The molecule has 0 aliphatic carbocycles. The van der Waals surface area contributed by atoms with E-state index in [9.17, 15) is 13.2 Å². The van der Waals surface area contributed by atoms with Crippen LogP contribution in [-0.2, 0) is 17.3 Å². The van der Waals surface area contributed by atoms with Crippen molar-refractivity contribution >= 4 is 10.8 Å². The zero-order valence-corrected chi connectivity index (χ0v) is 23.6. The molecule has 0 amide bonds. The summed E-state index contributed by atoms with van der Waals surface area (Å²) in [6.45, 7) is 15.4.